The third kappa shape index (κ3) is 1.15. The summed E-state index contributed by atoms with van der Waals surface area (Å²) in [7, 11) is 0. The van der Waals surface area contributed by atoms with Crippen LogP contribution < -0.4 is 0 Å². The van der Waals surface area contributed by atoms with Gasteiger partial charge in [0, 0.05) is 24.9 Å². The second kappa shape index (κ2) is 2.92. The molecule has 0 aliphatic carbocycles. The summed E-state index contributed by atoms with van der Waals surface area (Å²) in [6.07, 6.45) is 5.65. The summed E-state index contributed by atoms with van der Waals surface area (Å²) in [4.78, 5) is 4.41. The van der Waals surface area contributed by atoms with E-state index in [-0.39, 0.29) is 0 Å². The van der Waals surface area contributed by atoms with E-state index in [1.54, 1.807) is 0 Å². The quantitative estimate of drug-likeness (QED) is 0.621. The fourth-order valence-electron chi connectivity index (χ4n) is 1.98. The van der Waals surface area contributed by atoms with Gasteiger partial charge in [-0.2, -0.15) is 0 Å². The minimum Gasteiger partial charge on any atom is -0.332 e. The Morgan fingerprint density at radius 3 is 3.25 bits per heavy atom. The van der Waals surface area contributed by atoms with E-state index in [0.717, 1.165) is 12.3 Å². The molecule has 12 heavy (non-hydrogen) atoms. The Hall–Kier alpha value is -0.790. The van der Waals surface area contributed by atoms with E-state index in [9.17, 15) is 0 Å². The smallest absolute Gasteiger partial charge is 0.108 e. The molecule has 2 heteroatoms. The van der Waals surface area contributed by atoms with Crippen molar-refractivity contribution in [3.63, 3.8) is 0 Å². The fraction of sp³-hybridized carbons (Fsp3) is 0.700. The van der Waals surface area contributed by atoms with Crippen molar-refractivity contribution in [1.82, 2.24) is 9.55 Å². The van der Waals surface area contributed by atoms with Gasteiger partial charge in [-0.25, -0.2) is 4.98 Å². The normalized spacial score (nSPS) is 22.3. The number of hydrogen-bond acceptors (Lipinski definition) is 1. The van der Waals surface area contributed by atoms with Crippen LogP contribution in [0.25, 0.3) is 0 Å². The van der Waals surface area contributed by atoms with Crippen molar-refractivity contribution in [2.75, 3.05) is 0 Å². The first-order chi connectivity index (χ1) is 5.81. The Morgan fingerprint density at radius 2 is 2.50 bits per heavy atom. The molecule has 2 heterocycles. The fourth-order valence-corrected chi connectivity index (χ4v) is 1.98. The van der Waals surface area contributed by atoms with E-state index in [4.69, 9.17) is 0 Å². The average molecular weight is 164 g/mol. The number of fused-ring (bicyclic) bond motifs is 1. The second-order valence-electron chi connectivity index (χ2n) is 3.77. The molecular formula is C10H16N2. The summed E-state index contributed by atoms with van der Waals surface area (Å²) in [6, 6.07) is 0. The summed E-state index contributed by atoms with van der Waals surface area (Å²) >= 11 is 0. The van der Waals surface area contributed by atoms with Gasteiger partial charge < -0.3 is 4.57 Å². The van der Waals surface area contributed by atoms with Crippen LogP contribution in [-0.2, 0) is 19.4 Å². The first-order valence-electron chi connectivity index (χ1n) is 4.84. The number of hydrogen-bond donors (Lipinski definition) is 0. The van der Waals surface area contributed by atoms with Crippen molar-refractivity contribution < 1.29 is 0 Å². The third-order valence-electron chi connectivity index (χ3n) is 2.74. The Balaban J connectivity index is 2.32. The molecule has 0 aromatic carbocycles. The van der Waals surface area contributed by atoms with Crippen molar-refractivity contribution in [3.05, 3.63) is 17.7 Å². The minimum atomic E-state index is 0.846. The van der Waals surface area contributed by atoms with Crippen LogP contribution in [0.15, 0.2) is 6.20 Å². The summed E-state index contributed by atoms with van der Waals surface area (Å²) in [5.41, 5.74) is 1.44. The molecule has 0 bridgehead atoms. The Kier molecular flexibility index (Phi) is 1.91. The molecule has 2 rings (SSSR count). The van der Waals surface area contributed by atoms with Crippen molar-refractivity contribution in [1.29, 1.82) is 0 Å². The molecule has 1 aromatic rings. The van der Waals surface area contributed by atoms with Crippen molar-refractivity contribution >= 4 is 0 Å². The Labute approximate surface area is 73.6 Å². The topological polar surface area (TPSA) is 17.8 Å². The van der Waals surface area contributed by atoms with Gasteiger partial charge in [-0.1, -0.05) is 13.8 Å². The lowest BCUT2D eigenvalue weighted by molar-refractivity contribution is 0.409. The second-order valence-corrected chi connectivity index (χ2v) is 3.77. The highest BCUT2D eigenvalue weighted by Gasteiger charge is 2.16. The maximum Gasteiger partial charge on any atom is 0.108 e. The Bertz CT molecular complexity index is 275. The van der Waals surface area contributed by atoms with Crippen LogP contribution in [0.2, 0.25) is 0 Å². The van der Waals surface area contributed by atoms with Crippen LogP contribution in [0.5, 0.6) is 0 Å². The standard InChI is InChI=1S/C10H16N2/c1-3-10-11-7-9-6-8(2)4-5-12(9)10/h7-8H,3-6H2,1-2H3. The van der Waals surface area contributed by atoms with Crippen LogP contribution in [0, 0.1) is 5.92 Å². The van der Waals surface area contributed by atoms with E-state index in [1.807, 2.05) is 0 Å². The molecule has 0 saturated carbocycles. The highest BCUT2D eigenvalue weighted by atomic mass is 15.1. The zero-order chi connectivity index (χ0) is 8.55. The van der Waals surface area contributed by atoms with Gasteiger partial charge in [-0.05, 0) is 18.8 Å². The molecule has 1 aromatic heterocycles. The molecule has 1 unspecified atom stereocenters. The van der Waals surface area contributed by atoms with Crippen molar-refractivity contribution in [3.8, 4) is 0 Å². The van der Waals surface area contributed by atoms with Gasteiger partial charge in [0.1, 0.15) is 5.82 Å². The number of imidazole rings is 1. The molecule has 1 aliphatic heterocycles. The SMILES string of the molecule is CCc1ncc2n1CCC(C)C2. The molecule has 0 amide bonds. The lowest BCUT2D eigenvalue weighted by Crippen LogP contribution is -2.18. The number of aryl methyl sites for hydroxylation is 1. The van der Waals surface area contributed by atoms with Crippen molar-refractivity contribution in [2.24, 2.45) is 5.92 Å². The molecule has 66 valence electrons. The summed E-state index contributed by atoms with van der Waals surface area (Å²) in [6.45, 7) is 5.68. The van der Waals surface area contributed by atoms with Crippen LogP contribution >= 0.6 is 0 Å². The van der Waals surface area contributed by atoms with Crippen molar-refractivity contribution in [2.45, 2.75) is 39.7 Å². The highest BCUT2D eigenvalue weighted by Crippen LogP contribution is 2.21. The van der Waals surface area contributed by atoms with Gasteiger partial charge in [0.15, 0.2) is 0 Å². The van der Waals surface area contributed by atoms with Crippen LogP contribution in [0.1, 0.15) is 31.8 Å². The van der Waals surface area contributed by atoms with E-state index in [2.05, 4.69) is 29.6 Å². The van der Waals surface area contributed by atoms with Gasteiger partial charge in [-0.3, -0.25) is 0 Å². The molecule has 0 radical (unpaired) electrons. The molecule has 2 nitrogen and oxygen atoms in total. The largest absolute Gasteiger partial charge is 0.332 e. The number of aromatic nitrogens is 2. The zero-order valence-electron chi connectivity index (χ0n) is 7.88. The predicted octanol–water partition coefficient (Wildman–Crippen LogP) is 2.03. The van der Waals surface area contributed by atoms with E-state index >= 15 is 0 Å². The summed E-state index contributed by atoms with van der Waals surface area (Å²) < 4.78 is 2.39. The molecule has 1 atom stereocenters. The highest BCUT2D eigenvalue weighted by molar-refractivity contribution is 5.08. The Morgan fingerprint density at radius 1 is 1.67 bits per heavy atom. The summed E-state index contributed by atoms with van der Waals surface area (Å²) in [5.74, 6) is 2.11. The molecule has 0 N–H and O–H groups in total. The molecule has 0 saturated heterocycles. The van der Waals surface area contributed by atoms with Crippen LogP contribution in [-0.4, -0.2) is 9.55 Å². The van der Waals surface area contributed by atoms with Crippen LogP contribution in [0.4, 0.5) is 0 Å². The van der Waals surface area contributed by atoms with Gasteiger partial charge in [0.05, 0.1) is 0 Å². The van der Waals surface area contributed by atoms with Gasteiger partial charge in [-0.15, -0.1) is 0 Å². The molecule has 0 fully saturated rings. The van der Waals surface area contributed by atoms with Gasteiger partial charge >= 0.3 is 0 Å². The molecule has 0 spiro atoms. The van der Waals surface area contributed by atoms with Gasteiger partial charge in [0.2, 0.25) is 0 Å². The summed E-state index contributed by atoms with van der Waals surface area (Å²) in [5, 5.41) is 0. The van der Waals surface area contributed by atoms with E-state index in [1.165, 1.54) is 30.9 Å². The average Bonchev–Trinajstić information content (AvgIpc) is 2.46. The minimum absolute atomic E-state index is 0.846. The first kappa shape index (κ1) is 7.84. The first-order valence-corrected chi connectivity index (χ1v) is 4.84. The lowest BCUT2D eigenvalue weighted by Gasteiger charge is -2.21. The maximum absolute atomic E-state index is 4.41. The zero-order valence-corrected chi connectivity index (χ0v) is 7.88. The third-order valence-corrected chi connectivity index (χ3v) is 2.74. The monoisotopic (exact) mass is 164 g/mol. The maximum atomic E-state index is 4.41. The number of rotatable bonds is 1. The van der Waals surface area contributed by atoms with E-state index in [0.29, 0.717) is 0 Å². The van der Waals surface area contributed by atoms with Crippen LogP contribution in [0.3, 0.4) is 0 Å². The predicted molar refractivity (Wildman–Crippen MR) is 49.1 cm³/mol. The molecule has 1 aliphatic rings. The number of nitrogens with zero attached hydrogens (tertiary/aromatic N) is 2. The lowest BCUT2D eigenvalue weighted by atomic mass is 9.99. The van der Waals surface area contributed by atoms with Gasteiger partial charge in [0.25, 0.3) is 0 Å². The van der Waals surface area contributed by atoms with E-state index < -0.39 is 0 Å². The molecular weight excluding hydrogens is 148 g/mol.